The van der Waals surface area contributed by atoms with E-state index in [9.17, 15) is 4.79 Å². The Morgan fingerprint density at radius 3 is 3.12 bits per heavy atom. The van der Waals surface area contributed by atoms with Crippen LogP contribution in [0.4, 0.5) is 0 Å². The molecule has 6 nitrogen and oxygen atoms in total. The lowest BCUT2D eigenvalue weighted by Crippen LogP contribution is -2.38. The summed E-state index contributed by atoms with van der Waals surface area (Å²) in [5.74, 6) is 1.42. The summed E-state index contributed by atoms with van der Waals surface area (Å²) >= 11 is 11.3. The molecule has 0 saturated heterocycles. The van der Waals surface area contributed by atoms with Gasteiger partial charge in [-0.25, -0.2) is 0 Å². The molecule has 0 aliphatic carbocycles. The molecular weight excluding hydrogens is 360 g/mol. The van der Waals surface area contributed by atoms with E-state index in [1.165, 1.54) is 0 Å². The first-order valence-corrected chi connectivity index (χ1v) is 9.09. The number of nitrogens with one attached hydrogen (secondary N) is 2. The number of aromatic nitrogens is 3. The Hall–Kier alpha value is -1.86. The summed E-state index contributed by atoms with van der Waals surface area (Å²) < 4.78 is 8.24. The summed E-state index contributed by atoms with van der Waals surface area (Å²) in [5.41, 5.74) is 0.972. The highest BCUT2D eigenvalue weighted by molar-refractivity contribution is 7.71. The number of halogens is 1. The van der Waals surface area contributed by atoms with Crippen LogP contribution < -0.4 is 10.1 Å². The molecular formula is C17H21ClN4O2S. The average Bonchev–Trinajstić information content (AvgIpc) is 2.94. The lowest BCUT2D eigenvalue weighted by atomic mass is 9.96. The predicted molar refractivity (Wildman–Crippen MR) is 98.7 cm³/mol. The van der Waals surface area contributed by atoms with E-state index in [1.807, 2.05) is 16.7 Å². The largest absolute Gasteiger partial charge is 0.492 e. The number of H-pyrrole nitrogens is 1. The summed E-state index contributed by atoms with van der Waals surface area (Å²) in [6.45, 7) is 4.99. The van der Waals surface area contributed by atoms with Crippen LogP contribution in [-0.4, -0.2) is 33.8 Å². The van der Waals surface area contributed by atoms with Gasteiger partial charge in [-0.2, -0.15) is 5.10 Å². The normalized spacial score (nSPS) is 16.4. The van der Waals surface area contributed by atoms with Gasteiger partial charge in [0.05, 0.1) is 5.92 Å². The number of rotatable bonds is 5. The van der Waals surface area contributed by atoms with Crippen molar-refractivity contribution in [1.29, 1.82) is 0 Å². The topological polar surface area (TPSA) is 71.9 Å². The van der Waals surface area contributed by atoms with Crippen LogP contribution in [0.3, 0.4) is 0 Å². The molecule has 1 unspecified atom stereocenters. The van der Waals surface area contributed by atoms with E-state index < -0.39 is 0 Å². The van der Waals surface area contributed by atoms with Crippen LogP contribution in [-0.2, 0) is 17.6 Å². The third-order valence-corrected chi connectivity index (χ3v) is 4.76. The van der Waals surface area contributed by atoms with Crippen molar-refractivity contribution in [2.24, 2.45) is 5.92 Å². The van der Waals surface area contributed by atoms with Gasteiger partial charge in [-0.1, -0.05) is 11.6 Å². The van der Waals surface area contributed by atoms with Gasteiger partial charge in [0.15, 0.2) is 4.77 Å². The number of nitrogens with zero attached hydrogens (tertiary/aromatic N) is 2. The number of benzene rings is 1. The third kappa shape index (κ3) is 4.04. The van der Waals surface area contributed by atoms with E-state index >= 15 is 0 Å². The SMILES string of the molecule is CC(C)n1c(CCNC(=O)C2COc3ccc(Cl)cc3C2)n[nH]c1=S. The first-order chi connectivity index (χ1) is 12.0. The van der Waals surface area contributed by atoms with Crippen LogP contribution in [0.15, 0.2) is 18.2 Å². The maximum absolute atomic E-state index is 12.4. The van der Waals surface area contributed by atoms with Crippen molar-refractivity contribution < 1.29 is 9.53 Å². The quantitative estimate of drug-likeness (QED) is 0.782. The number of hydrogen-bond acceptors (Lipinski definition) is 4. The number of aromatic amines is 1. The fraction of sp³-hybridized carbons (Fsp3) is 0.471. The van der Waals surface area contributed by atoms with Gasteiger partial charge >= 0.3 is 0 Å². The van der Waals surface area contributed by atoms with Gasteiger partial charge in [-0.15, -0.1) is 0 Å². The Morgan fingerprint density at radius 2 is 2.36 bits per heavy atom. The summed E-state index contributed by atoms with van der Waals surface area (Å²) in [6.07, 6.45) is 1.25. The van der Waals surface area contributed by atoms with Crippen LogP contribution in [0, 0.1) is 10.7 Å². The average molecular weight is 381 g/mol. The molecule has 1 aromatic carbocycles. The van der Waals surface area contributed by atoms with Crippen LogP contribution >= 0.6 is 23.8 Å². The Balaban J connectivity index is 1.56. The summed E-state index contributed by atoms with van der Waals surface area (Å²) in [5, 5.41) is 10.7. The van der Waals surface area contributed by atoms with Gasteiger partial charge in [0.2, 0.25) is 5.91 Å². The molecule has 1 aromatic heterocycles. The molecule has 25 heavy (non-hydrogen) atoms. The molecule has 1 aliphatic heterocycles. The Bertz CT molecular complexity index is 830. The minimum Gasteiger partial charge on any atom is -0.492 e. The molecule has 0 saturated carbocycles. The second-order valence-electron chi connectivity index (χ2n) is 6.41. The first kappa shape index (κ1) is 17.9. The highest BCUT2D eigenvalue weighted by Crippen LogP contribution is 2.29. The van der Waals surface area contributed by atoms with E-state index in [2.05, 4.69) is 29.4 Å². The second-order valence-corrected chi connectivity index (χ2v) is 7.24. The van der Waals surface area contributed by atoms with Crippen molar-refractivity contribution in [3.63, 3.8) is 0 Å². The van der Waals surface area contributed by atoms with E-state index in [0.29, 0.717) is 35.8 Å². The molecule has 0 bridgehead atoms. The van der Waals surface area contributed by atoms with Gasteiger partial charge < -0.3 is 14.6 Å². The molecule has 1 atom stereocenters. The van der Waals surface area contributed by atoms with E-state index in [0.717, 1.165) is 17.1 Å². The molecule has 2 heterocycles. The highest BCUT2D eigenvalue weighted by atomic mass is 35.5. The zero-order chi connectivity index (χ0) is 18.0. The number of carbonyl (C=O) groups excluding carboxylic acids is 1. The van der Waals surface area contributed by atoms with Crippen LogP contribution in [0.1, 0.15) is 31.3 Å². The standard InChI is InChI=1S/C17H21ClN4O2S/c1-10(2)22-15(20-21-17(22)25)5-6-19-16(23)12-7-11-8-13(18)3-4-14(11)24-9-12/h3-4,8,10,12H,5-7,9H2,1-2H3,(H,19,23)(H,21,25). The molecule has 3 rings (SSSR count). The fourth-order valence-corrected chi connectivity index (χ4v) is 3.58. The van der Waals surface area contributed by atoms with Crippen molar-refractivity contribution in [1.82, 2.24) is 20.1 Å². The van der Waals surface area contributed by atoms with Gasteiger partial charge in [0, 0.05) is 24.0 Å². The highest BCUT2D eigenvalue weighted by Gasteiger charge is 2.26. The zero-order valence-electron chi connectivity index (χ0n) is 14.2. The number of hydrogen-bond donors (Lipinski definition) is 2. The molecule has 134 valence electrons. The van der Waals surface area contributed by atoms with Crippen molar-refractivity contribution >= 4 is 29.7 Å². The van der Waals surface area contributed by atoms with Crippen LogP contribution in [0.25, 0.3) is 0 Å². The monoisotopic (exact) mass is 380 g/mol. The Morgan fingerprint density at radius 1 is 1.56 bits per heavy atom. The fourth-order valence-electron chi connectivity index (χ4n) is 3.02. The molecule has 0 radical (unpaired) electrons. The molecule has 0 spiro atoms. The first-order valence-electron chi connectivity index (χ1n) is 8.30. The van der Waals surface area contributed by atoms with Crippen molar-refractivity contribution in [2.75, 3.05) is 13.2 Å². The molecule has 2 aromatic rings. The molecule has 8 heteroatoms. The van der Waals surface area contributed by atoms with Gasteiger partial charge in [-0.3, -0.25) is 9.89 Å². The number of carbonyl (C=O) groups is 1. The van der Waals surface area contributed by atoms with Crippen LogP contribution in [0.5, 0.6) is 5.75 Å². The maximum atomic E-state index is 12.4. The minimum atomic E-state index is -0.211. The predicted octanol–water partition coefficient (Wildman–Crippen LogP) is 3.08. The zero-order valence-corrected chi connectivity index (χ0v) is 15.8. The Labute approximate surface area is 156 Å². The van der Waals surface area contributed by atoms with Crippen LogP contribution in [0.2, 0.25) is 5.02 Å². The summed E-state index contributed by atoms with van der Waals surface area (Å²) in [4.78, 5) is 12.4. The van der Waals surface area contributed by atoms with Crippen molar-refractivity contribution in [3.8, 4) is 5.75 Å². The van der Waals surface area contributed by atoms with Gasteiger partial charge in [0.25, 0.3) is 0 Å². The summed E-state index contributed by atoms with van der Waals surface area (Å²) in [6, 6.07) is 5.73. The number of ether oxygens (including phenoxy) is 1. The number of fused-ring (bicyclic) bond motifs is 1. The lowest BCUT2D eigenvalue weighted by molar-refractivity contribution is -0.126. The third-order valence-electron chi connectivity index (χ3n) is 4.24. The Kier molecular flexibility index (Phi) is 5.44. The molecule has 0 fully saturated rings. The summed E-state index contributed by atoms with van der Waals surface area (Å²) in [7, 11) is 0. The molecule has 1 aliphatic rings. The van der Waals surface area contributed by atoms with Crippen molar-refractivity contribution in [2.45, 2.75) is 32.7 Å². The second kappa shape index (κ2) is 7.58. The lowest BCUT2D eigenvalue weighted by Gasteiger charge is -2.24. The molecule has 1 amide bonds. The number of amides is 1. The maximum Gasteiger partial charge on any atom is 0.226 e. The van der Waals surface area contributed by atoms with E-state index in [1.54, 1.807) is 6.07 Å². The van der Waals surface area contributed by atoms with Crippen molar-refractivity contribution in [3.05, 3.63) is 39.4 Å². The van der Waals surface area contributed by atoms with Gasteiger partial charge in [0.1, 0.15) is 18.2 Å². The van der Waals surface area contributed by atoms with E-state index in [4.69, 9.17) is 28.6 Å². The van der Waals surface area contributed by atoms with E-state index in [-0.39, 0.29) is 17.9 Å². The minimum absolute atomic E-state index is 0.0177. The molecule has 2 N–H and O–H groups in total. The van der Waals surface area contributed by atoms with Gasteiger partial charge in [-0.05, 0) is 56.2 Å². The smallest absolute Gasteiger partial charge is 0.226 e.